The summed E-state index contributed by atoms with van der Waals surface area (Å²) in [5.74, 6) is -1.98. The average Bonchev–Trinajstić information content (AvgIpc) is 2.54. The highest BCUT2D eigenvalue weighted by Gasteiger charge is 2.14. The summed E-state index contributed by atoms with van der Waals surface area (Å²) in [5, 5.41) is 0.328. The van der Waals surface area contributed by atoms with Crippen molar-refractivity contribution in [1.82, 2.24) is 0 Å². The highest BCUT2D eigenvalue weighted by Crippen LogP contribution is 2.28. The zero-order valence-corrected chi connectivity index (χ0v) is 14.9. The number of rotatable bonds is 6. The van der Waals surface area contributed by atoms with Gasteiger partial charge in [0.15, 0.2) is 11.6 Å². The van der Waals surface area contributed by atoms with Crippen molar-refractivity contribution in [3.05, 3.63) is 57.8 Å². The van der Waals surface area contributed by atoms with Crippen LogP contribution in [0.15, 0.2) is 36.4 Å². The highest BCUT2D eigenvalue weighted by atomic mass is 35.5. The molecule has 132 valence electrons. The molecule has 2 rings (SSSR count). The van der Waals surface area contributed by atoms with Gasteiger partial charge in [-0.3, -0.25) is 9.59 Å². The van der Waals surface area contributed by atoms with Gasteiger partial charge in [0.05, 0.1) is 10.0 Å². The molecule has 0 aliphatic carbocycles. The second-order valence-corrected chi connectivity index (χ2v) is 6.10. The van der Waals surface area contributed by atoms with Crippen LogP contribution in [-0.4, -0.2) is 11.9 Å². The van der Waals surface area contributed by atoms with E-state index < -0.39 is 17.8 Å². The molecule has 0 spiro atoms. The summed E-state index contributed by atoms with van der Waals surface area (Å²) < 4.78 is 23.6. The maximum atomic E-state index is 13.5. The topological polar surface area (TPSA) is 52.6 Å². The van der Waals surface area contributed by atoms with Crippen LogP contribution in [0.2, 0.25) is 10.0 Å². The molecular weight excluding hydrogens is 370 g/mol. The number of carbonyl (C=O) groups is 2. The molecule has 0 unspecified atom stereocenters. The number of aryl methyl sites for hydroxylation is 1. The van der Waals surface area contributed by atoms with E-state index in [9.17, 15) is 14.0 Å². The van der Waals surface area contributed by atoms with Gasteiger partial charge in [-0.05, 0) is 43.2 Å². The molecular formula is C18H15Cl2FO4. The first-order chi connectivity index (χ1) is 11.9. The SMILES string of the molecule is Cc1ccc(Cl)c(OC(=O)CCCC(=O)Oc2c(F)cccc2Cl)c1. The molecule has 0 radical (unpaired) electrons. The van der Waals surface area contributed by atoms with E-state index in [2.05, 4.69) is 0 Å². The molecule has 7 heteroatoms. The highest BCUT2D eigenvalue weighted by molar-refractivity contribution is 6.32. The minimum absolute atomic E-state index is 0.00171. The number of benzene rings is 2. The van der Waals surface area contributed by atoms with Crippen molar-refractivity contribution in [1.29, 1.82) is 0 Å². The van der Waals surface area contributed by atoms with Gasteiger partial charge in [-0.1, -0.05) is 35.3 Å². The maximum absolute atomic E-state index is 13.5. The van der Waals surface area contributed by atoms with E-state index in [0.717, 1.165) is 11.6 Å². The molecule has 0 aromatic heterocycles. The number of ether oxygens (including phenoxy) is 2. The second-order valence-electron chi connectivity index (χ2n) is 5.29. The van der Waals surface area contributed by atoms with Gasteiger partial charge in [0.2, 0.25) is 0 Å². The van der Waals surface area contributed by atoms with Crippen molar-refractivity contribution >= 4 is 35.1 Å². The molecule has 0 saturated heterocycles. The van der Waals surface area contributed by atoms with Crippen LogP contribution >= 0.6 is 23.2 Å². The summed E-state index contributed by atoms with van der Waals surface area (Å²) in [6, 6.07) is 9.03. The van der Waals surface area contributed by atoms with E-state index in [-0.39, 0.29) is 35.8 Å². The first kappa shape index (κ1) is 19.2. The Morgan fingerprint density at radius 1 is 1.00 bits per heavy atom. The van der Waals surface area contributed by atoms with Crippen molar-refractivity contribution in [2.45, 2.75) is 26.2 Å². The van der Waals surface area contributed by atoms with Gasteiger partial charge >= 0.3 is 11.9 Å². The van der Waals surface area contributed by atoms with E-state index in [1.807, 2.05) is 6.92 Å². The van der Waals surface area contributed by atoms with E-state index in [1.165, 1.54) is 12.1 Å². The summed E-state index contributed by atoms with van der Waals surface area (Å²) >= 11 is 11.7. The molecule has 0 bridgehead atoms. The number of hydrogen-bond donors (Lipinski definition) is 0. The molecule has 0 fully saturated rings. The third kappa shape index (κ3) is 5.73. The lowest BCUT2D eigenvalue weighted by molar-refractivity contribution is -0.136. The van der Waals surface area contributed by atoms with Gasteiger partial charge in [-0.2, -0.15) is 0 Å². The Bertz CT molecular complexity index is 772. The number of halogens is 3. The standard InChI is InChI=1S/C18H15Cl2FO4/c1-11-8-9-12(19)15(10-11)24-16(22)6-3-7-17(23)25-18-13(20)4-2-5-14(18)21/h2,4-5,8-10H,3,6-7H2,1H3. The molecule has 0 amide bonds. The second kappa shape index (κ2) is 8.83. The van der Waals surface area contributed by atoms with Crippen LogP contribution in [0.5, 0.6) is 11.5 Å². The normalized spacial score (nSPS) is 10.4. The Kier molecular flexibility index (Phi) is 6.79. The predicted octanol–water partition coefficient (Wildman–Crippen LogP) is 5.12. The van der Waals surface area contributed by atoms with Crippen LogP contribution in [0.25, 0.3) is 0 Å². The van der Waals surface area contributed by atoms with Crippen molar-refractivity contribution in [2.75, 3.05) is 0 Å². The lowest BCUT2D eigenvalue weighted by Crippen LogP contribution is -2.12. The minimum atomic E-state index is -0.727. The predicted molar refractivity (Wildman–Crippen MR) is 92.7 cm³/mol. The van der Waals surface area contributed by atoms with Gasteiger partial charge < -0.3 is 9.47 Å². The van der Waals surface area contributed by atoms with Crippen molar-refractivity contribution in [3.8, 4) is 11.5 Å². The maximum Gasteiger partial charge on any atom is 0.311 e. The third-order valence-electron chi connectivity index (χ3n) is 3.21. The van der Waals surface area contributed by atoms with Crippen molar-refractivity contribution in [3.63, 3.8) is 0 Å². The Morgan fingerprint density at radius 3 is 2.36 bits per heavy atom. The summed E-state index contributed by atoms with van der Waals surface area (Å²) in [5.41, 5.74) is 0.901. The van der Waals surface area contributed by atoms with E-state index in [1.54, 1.807) is 18.2 Å². The van der Waals surface area contributed by atoms with E-state index in [0.29, 0.717) is 5.02 Å². The largest absolute Gasteiger partial charge is 0.425 e. The lowest BCUT2D eigenvalue weighted by Gasteiger charge is -2.08. The van der Waals surface area contributed by atoms with Crippen LogP contribution in [-0.2, 0) is 9.59 Å². The van der Waals surface area contributed by atoms with Gasteiger partial charge in [0.25, 0.3) is 0 Å². The van der Waals surface area contributed by atoms with Crippen LogP contribution < -0.4 is 9.47 Å². The number of para-hydroxylation sites is 1. The Morgan fingerprint density at radius 2 is 1.68 bits per heavy atom. The molecule has 0 aliphatic heterocycles. The number of carbonyl (C=O) groups excluding carboxylic acids is 2. The number of esters is 2. The number of hydrogen-bond acceptors (Lipinski definition) is 4. The summed E-state index contributed by atoms with van der Waals surface area (Å²) in [7, 11) is 0. The van der Waals surface area contributed by atoms with E-state index in [4.69, 9.17) is 32.7 Å². The van der Waals surface area contributed by atoms with Crippen LogP contribution in [0.4, 0.5) is 4.39 Å². The minimum Gasteiger partial charge on any atom is -0.425 e. The lowest BCUT2D eigenvalue weighted by atomic mass is 10.2. The summed E-state index contributed by atoms with van der Waals surface area (Å²) in [6.45, 7) is 1.84. The van der Waals surface area contributed by atoms with Gasteiger partial charge in [0.1, 0.15) is 5.75 Å². The Balaban J connectivity index is 1.81. The van der Waals surface area contributed by atoms with E-state index >= 15 is 0 Å². The first-order valence-electron chi connectivity index (χ1n) is 7.48. The van der Waals surface area contributed by atoms with Crippen LogP contribution in [0.1, 0.15) is 24.8 Å². The molecule has 0 saturated carbocycles. The molecule has 0 atom stereocenters. The fourth-order valence-electron chi connectivity index (χ4n) is 1.98. The van der Waals surface area contributed by atoms with Crippen LogP contribution in [0.3, 0.4) is 0 Å². The third-order valence-corrected chi connectivity index (χ3v) is 3.82. The van der Waals surface area contributed by atoms with Crippen LogP contribution in [0, 0.1) is 12.7 Å². The Labute approximate surface area is 154 Å². The molecule has 2 aromatic carbocycles. The average molecular weight is 385 g/mol. The van der Waals surface area contributed by atoms with Gasteiger partial charge in [-0.25, -0.2) is 4.39 Å². The fourth-order valence-corrected chi connectivity index (χ4v) is 2.34. The zero-order chi connectivity index (χ0) is 18.4. The monoisotopic (exact) mass is 384 g/mol. The van der Waals surface area contributed by atoms with Crippen molar-refractivity contribution in [2.24, 2.45) is 0 Å². The van der Waals surface area contributed by atoms with Gasteiger partial charge in [-0.15, -0.1) is 0 Å². The van der Waals surface area contributed by atoms with Gasteiger partial charge in [0, 0.05) is 12.8 Å². The molecule has 0 aliphatic rings. The quantitative estimate of drug-likeness (QED) is 0.512. The molecule has 0 N–H and O–H groups in total. The van der Waals surface area contributed by atoms with Crippen molar-refractivity contribution < 1.29 is 23.5 Å². The molecule has 25 heavy (non-hydrogen) atoms. The molecule has 4 nitrogen and oxygen atoms in total. The summed E-state index contributed by atoms with van der Waals surface area (Å²) in [4.78, 5) is 23.5. The zero-order valence-electron chi connectivity index (χ0n) is 13.4. The first-order valence-corrected chi connectivity index (χ1v) is 8.24. The Hall–Kier alpha value is -2.11. The fraction of sp³-hybridized carbons (Fsp3) is 0.222. The summed E-state index contributed by atoms with van der Waals surface area (Å²) in [6.07, 6.45) is 0.0961. The molecule has 2 aromatic rings. The smallest absolute Gasteiger partial charge is 0.311 e. The molecule has 0 heterocycles.